The minimum atomic E-state index is -1.44. The van der Waals surface area contributed by atoms with Gasteiger partial charge in [-0.3, -0.25) is 0 Å². The fraction of sp³-hybridized carbons (Fsp3) is 0.611. The normalized spacial score (nSPS) is 12.1. The van der Waals surface area contributed by atoms with Crippen LogP contribution in [0.2, 0.25) is 0 Å². The van der Waals surface area contributed by atoms with Crippen molar-refractivity contribution in [3.05, 3.63) is 23.8 Å². The fourth-order valence-corrected chi connectivity index (χ4v) is 2.43. The Bertz CT molecular complexity index is 472. The van der Waals surface area contributed by atoms with Gasteiger partial charge in [-0.15, -0.1) is 0 Å². The van der Waals surface area contributed by atoms with Crippen molar-refractivity contribution in [3.63, 3.8) is 0 Å². The minimum Gasteiger partial charge on any atom is -0.504 e. The molecule has 0 saturated carbocycles. The van der Waals surface area contributed by atoms with E-state index < -0.39 is 6.16 Å². The highest BCUT2D eigenvalue weighted by atomic mass is 16.7. The summed E-state index contributed by atoms with van der Waals surface area (Å²) in [5.41, 5.74) is 0.594. The maximum Gasteiger partial charge on any atom is 0.511 e. The Labute approximate surface area is 138 Å². The van der Waals surface area contributed by atoms with E-state index in [2.05, 4.69) is 18.6 Å². The topological polar surface area (TPSA) is 76.0 Å². The van der Waals surface area contributed by atoms with Crippen LogP contribution in [0.25, 0.3) is 0 Å². The molecule has 0 bridgehead atoms. The molecule has 130 valence electrons. The molecule has 5 heteroatoms. The van der Waals surface area contributed by atoms with Gasteiger partial charge in [0, 0.05) is 12.2 Å². The molecule has 1 aromatic carbocycles. The van der Waals surface area contributed by atoms with Gasteiger partial charge in [0.15, 0.2) is 11.5 Å². The van der Waals surface area contributed by atoms with Gasteiger partial charge in [-0.25, -0.2) is 4.79 Å². The SMILES string of the molecule is CCCCCCC(OCCCC)c1cccc(OC(=O)O)c1O. The molecule has 1 aromatic rings. The Balaban J connectivity index is 2.84. The summed E-state index contributed by atoms with van der Waals surface area (Å²) in [5.74, 6) is -0.195. The number of hydrogen-bond acceptors (Lipinski definition) is 4. The van der Waals surface area contributed by atoms with Crippen LogP contribution >= 0.6 is 0 Å². The molecular weight excluding hydrogens is 296 g/mol. The van der Waals surface area contributed by atoms with Gasteiger partial charge in [-0.05, 0) is 18.9 Å². The lowest BCUT2D eigenvalue weighted by Gasteiger charge is -2.20. The van der Waals surface area contributed by atoms with Crippen molar-refractivity contribution in [2.45, 2.75) is 64.9 Å². The molecule has 0 aromatic heterocycles. The number of aromatic hydroxyl groups is 1. The predicted molar refractivity (Wildman–Crippen MR) is 89.1 cm³/mol. The number of benzene rings is 1. The number of para-hydroxylation sites is 1. The van der Waals surface area contributed by atoms with Gasteiger partial charge in [0.05, 0.1) is 6.10 Å². The van der Waals surface area contributed by atoms with Crippen LogP contribution in [0.1, 0.15) is 70.5 Å². The molecule has 0 aliphatic rings. The smallest absolute Gasteiger partial charge is 0.504 e. The van der Waals surface area contributed by atoms with Crippen LogP contribution in [-0.4, -0.2) is 23.0 Å². The summed E-state index contributed by atoms with van der Waals surface area (Å²) >= 11 is 0. The van der Waals surface area contributed by atoms with Crippen LogP contribution < -0.4 is 4.74 Å². The Morgan fingerprint density at radius 1 is 1.13 bits per heavy atom. The lowest BCUT2D eigenvalue weighted by molar-refractivity contribution is 0.0411. The Hall–Kier alpha value is -1.75. The van der Waals surface area contributed by atoms with Crippen molar-refractivity contribution in [1.29, 1.82) is 0 Å². The molecule has 2 N–H and O–H groups in total. The highest BCUT2D eigenvalue weighted by Crippen LogP contribution is 2.37. The third kappa shape index (κ3) is 6.91. The second-order valence-electron chi connectivity index (χ2n) is 5.62. The maximum atomic E-state index is 10.7. The van der Waals surface area contributed by atoms with Crippen molar-refractivity contribution in [2.75, 3.05) is 6.61 Å². The molecule has 1 rings (SSSR count). The first kappa shape index (κ1) is 19.3. The molecule has 0 fully saturated rings. The number of carboxylic acid groups (broad SMARTS) is 1. The van der Waals surface area contributed by atoms with Crippen LogP contribution in [0.4, 0.5) is 4.79 Å². The van der Waals surface area contributed by atoms with Crippen LogP contribution in [-0.2, 0) is 4.74 Å². The largest absolute Gasteiger partial charge is 0.511 e. The molecule has 0 radical (unpaired) electrons. The second-order valence-corrected chi connectivity index (χ2v) is 5.62. The standard InChI is InChI=1S/C18H28O5/c1-3-5-7-8-11-15(22-13-6-4-2)14-10-9-12-16(17(14)19)23-18(20)21/h9-10,12,15,19H,3-8,11,13H2,1-2H3,(H,20,21). The van der Waals surface area contributed by atoms with Crippen molar-refractivity contribution < 1.29 is 24.5 Å². The first-order chi connectivity index (χ1) is 11.1. The van der Waals surface area contributed by atoms with Gasteiger partial charge < -0.3 is 19.7 Å². The lowest BCUT2D eigenvalue weighted by atomic mass is 10.0. The first-order valence-electron chi connectivity index (χ1n) is 8.44. The molecule has 0 saturated heterocycles. The average Bonchev–Trinajstić information content (AvgIpc) is 2.52. The van der Waals surface area contributed by atoms with E-state index >= 15 is 0 Å². The molecule has 0 amide bonds. The molecule has 0 heterocycles. The van der Waals surface area contributed by atoms with Crippen LogP contribution in [0, 0.1) is 0 Å². The van der Waals surface area contributed by atoms with E-state index in [1.165, 1.54) is 12.5 Å². The summed E-state index contributed by atoms with van der Waals surface area (Å²) in [4.78, 5) is 10.7. The van der Waals surface area contributed by atoms with Crippen LogP contribution in [0.5, 0.6) is 11.5 Å². The molecule has 0 spiro atoms. The van der Waals surface area contributed by atoms with Gasteiger partial charge in [-0.2, -0.15) is 0 Å². The predicted octanol–water partition coefficient (Wildman–Crippen LogP) is 5.28. The van der Waals surface area contributed by atoms with Gasteiger partial charge >= 0.3 is 6.16 Å². The Morgan fingerprint density at radius 2 is 1.87 bits per heavy atom. The second kappa shape index (κ2) is 10.9. The zero-order chi connectivity index (χ0) is 17.1. The summed E-state index contributed by atoms with van der Waals surface area (Å²) in [6.07, 6.45) is 5.58. The average molecular weight is 324 g/mol. The van der Waals surface area contributed by atoms with Crippen molar-refractivity contribution in [1.82, 2.24) is 0 Å². The van der Waals surface area contributed by atoms with Gasteiger partial charge in [0.1, 0.15) is 0 Å². The van der Waals surface area contributed by atoms with Crippen molar-refractivity contribution in [2.24, 2.45) is 0 Å². The summed E-state index contributed by atoms with van der Waals surface area (Å²) in [6, 6.07) is 4.88. The Morgan fingerprint density at radius 3 is 2.52 bits per heavy atom. The number of hydrogen-bond donors (Lipinski definition) is 2. The highest BCUT2D eigenvalue weighted by Gasteiger charge is 2.19. The fourth-order valence-electron chi connectivity index (χ4n) is 2.43. The highest BCUT2D eigenvalue weighted by molar-refractivity contribution is 5.63. The Kier molecular flexibility index (Phi) is 9.14. The number of phenols is 1. The van der Waals surface area contributed by atoms with Gasteiger partial charge in [0.2, 0.25) is 0 Å². The molecule has 5 nitrogen and oxygen atoms in total. The molecular formula is C18H28O5. The molecule has 0 aliphatic carbocycles. The zero-order valence-corrected chi connectivity index (χ0v) is 14.1. The van der Waals surface area contributed by atoms with E-state index in [4.69, 9.17) is 9.84 Å². The zero-order valence-electron chi connectivity index (χ0n) is 14.1. The van der Waals surface area contributed by atoms with E-state index in [1.54, 1.807) is 12.1 Å². The van der Waals surface area contributed by atoms with E-state index in [-0.39, 0.29) is 17.6 Å². The van der Waals surface area contributed by atoms with E-state index in [0.717, 1.165) is 38.5 Å². The monoisotopic (exact) mass is 324 g/mol. The van der Waals surface area contributed by atoms with Crippen LogP contribution in [0.3, 0.4) is 0 Å². The number of rotatable bonds is 11. The summed E-state index contributed by atoms with van der Waals surface area (Å²) in [5, 5.41) is 19.0. The molecule has 0 aliphatic heterocycles. The summed E-state index contributed by atoms with van der Waals surface area (Å²) < 4.78 is 10.5. The molecule has 23 heavy (non-hydrogen) atoms. The van der Waals surface area contributed by atoms with E-state index in [0.29, 0.717) is 12.2 Å². The summed E-state index contributed by atoms with van der Waals surface area (Å²) in [7, 11) is 0. The van der Waals surface area contributed by atoms with Gasteiger partial charge in [-0.1, -0.05) is 58.1 Å². The van der Waals surface area contributed by atoms with Crippen molar-refractivity contribution >= 4 is 6.16 Å². The minimum absolute atomic E-state index is 0.0485. The number of unbranched alkanes of at least 4 members (excludes halogenated alkanes) is 4. The summed E-state index contributed by atoms with van der Waals surface area (Å²) in [6.45, 7) is 4.88. The quantitative estimate of drug-likeness (QED) is 0.329. The number of ether oxygens (including phenoxy) is 2. The number of phenolic OH excluding ortho intramolecular Hbond substituents is 1. The lowest BCUT2D eigenvalue weighted by Crippen LogP contribution is -2.08. The third-order valence-corrected chi connectivity index (χ3v) is 3.71. The maximum absolute atomic E-state index is 10.7. The molecule has 1 atom stereocenters. The molecule has 1 unspecified atom stereocenters. The van der Waals surface area contributed by atoms with Gasteiger partial charge in [0.25, 0.3) is 0 Å². The van der Waals surface area contributed by atoms with E-state index in [9.17, 15) is 9.90 Å². The van der Waals surface area contributed by atoms with Crippen LogP contribution in [0.15, 0.2) is 18.2 Å². The third-order valence-electron chi connectivity index (χ3n) is 3.71. The first-order valence-corrected chi connectivity index (χ1v) is 8.44. The number of carbonyl (C=O) groups is 1. The van der Waals surface area contributed by atoms with E-state index in [1.807, 2.05) is 0 Å². The van der Waals surface area contributed by atoms with Crippen molar-refractivity contribution in [3.8, 4) is 11.5 Å².